The SMILES string of the molecule is NCCNc1ccc([N+](=O)[O-])cc1Cl. The summed E-state index contributed by atoms with van der Waals surface area (Å²) in [5, 5.41) is 13.7. The summed E-state index contributed by atoms with van der Waals surface area (Å²) in [6.45, 7) is 1.06. The molecule has 0 fully saturated rings. The van der Waals surface area contributed by atoms with Crippen LogP contribution in [0.15, 0.2) is 18.2 Å². The van der Waals surface area contributed by atoms with Crippen LogP contribution in [0.2, 0.25) is 5.02 Å². The third kappa shape index (κ3) is 2.58. The Hall–Kier alpha value is -1.33. The van der Waals surface area contributed by atoms with E-state index >= 15 is 0 Å². The molecule has 0 radical (unpaired) electrons. The molecule has 3 N–H and O–H groups in total. The molecule has 0 atom stereocenters. The lowest BCUT2D eigenvalue weighted by molar-refractivity contribution is -0.384. The fraction of sp³-hybridized carbons (Fsp3) is 0.250. The standard InChI is InChI=1S/C8H10ClN3O2/c9-7-5-6(12(13)14)1-2-8(7)11-4-3-10/h1-2,5,11H,3-4,10H2. The number of nitrogens with zero attached hydrogens (tertiary/aromatic N) is 1. The van der Waals surface area contributed by atoms with E-state index in [1.165, 1.54) is 12.1 Å². The fourth-order valence-electron chi connectivity index (χ4n) is 0.968. The number of non-ortho nitro benzene ring substituents is 1. The molecule has 0 amide bonds. The molecule has 0 aliphatic rings. The highest BCUT2D eigenvalue weighted by atomic mass is 35.5. The van der Waals surface area contributed by atoms with Crippen LogP contribution in [0.5, 0.6) is 0 Å². The van der Waals surface area contributed by atoms with Crippen LogP contribution in [0.25, 0.3) is 0 Å². The van der Waals surface area contributed by atoms with Crippen molar-refractivity contribution in [2.75, 3.05) is 18.4 Å². The maximum atomic E-state index is 10.4. The number of halogens is 1. The van der Waals surface area contributed by atoms with Crippen LogP contribution < -0.4 is 11.1 Å². The van der Waals surface area contributed by atoms with Crippen LogP contribution in [-0.2, 0) is 0 Å². The number of nitrogens with one attached hydrogen (secondary N) is 1. The van der Waals surface area contributed by atoms with Gasteiger partial charge in [0.15, 0.2) is 0 Å². The Balaban J connectivity index is 2.84. The Bertz CT molecular complexity index is 343. The first kappa shape index (κ1) is 10.7. The number of nitrogens with two attached hydrogens (primary N) is 1. The van der Waals surface area contributed by atoms with Crippen molar-refractivity contribution >= 4 is 23.0 Å². The summed E-state index contributed by atoms with van der Waals surface area (Å²) in [6.07, 6.45) is 0. The summed E-state index contributed by atoms with van der Waals surface area (Å²) in [7, 11) is 0. The minimum atomic E-state index is -0.488. The predicted octanol–water partition coefficient (Wildman–Crippen LogP) is 1.62. The molecule has 0 aliphatic carbocycles. The van der Waals surface area contributed by atoms with E-state index < -0.39 is 4.92 Å². The molecule has 14 heavy (non-hydrogen) atoms. The third-order valence-electron chi connectivity index (χ3n) is 1.62. The quantitative estimate of drug-likeness (QED) is 0.591. The van der Waals surface area contributed by atoms with Gasteiger partial charge in [-0.1, -0.05) is 11.6 Å². The highest BCUT2D eigenvalue weighted by molar-refractivity contribution is 6.33. The third-order valence-corrected chi connectivity index (χ3v) is 1.94. The zero-order valence-electron chi connectivity index (χ0n) is 7.37. The number of nitro groups is 1. The molecule has 1 aromatic carbocycles. The maximum Gasteiger partial charge on any atom is 0.271 e. The molecule has 0 heterocycles. The zero-order valence-corrected chi connectivity index (χ0v) is 8.12. The van der Waals surface area contributed by atoms with Crippen molar-refractivity contribution in [3.05, 3.63) is 33.3 Å². The summed E-state index contributed by atoms with van der Waals surface area (Å²) in [5.41, 5.74) is 5.93. The molecule has 6 heteroatoms. The van der Waals surface area contributed by atoms with Gasteiger partial charge in [-0.15, -0.1) is 0 Å². The second-order valence-electron chi connectivity index (χ2n) is 2.64. The maximum absolute atomic E-state index is 10.4. The van der Waals surface area contributed by atoms with Crippen LogP contribution in [-0.4, -0.2) is 18.0 Å². The minimum Gasteiger partial charge on any atom is -0.383 e. The van der Waals surface area contributed by atoms with Crippen LogP contribution in [0, 0.1) is 10.1 Å². The summed E-state index contributed by atoms with van der Waals surface area (Å²) < 4.78 is 0. The number of benzene rings is 1. The van der Waals surface area contributed by atoms with E-state index in [-0.39, 0.29) is 5.69 Å². The van der Waals surface area contributed by atoms with E-state index in [2.05, 4.69) is 5.32 Å². The van der Waals surface area contributed by atoms with Gasteiger partial charge in [-0.3, -0.25) is 10.1 Å². The van der Waals surface area contributed by atoms with Crippen LogP contribution in [0.1, 0.15) is 0 Å². The zero-order chi connectivity index (χ0) is 10.6. The summed E-state index contributed by atoms with van der Waals surface area (Å²) in [6, 6.07) is 4.27. The molecule has 76 valence electrons. The van der Waals surface area contributed by atoms with Gasteiger partial charge in [0.25, 0.3) is 5.69 Å². The molecule has 1 aromatic rings. The van der Waals surface area contributed by atoms with Gasteiger partial charge in [-0.05, 0) is 6.07 Å². The van der Waals surface area contributed by atoms with Gasteiger partial charge in [-0.25, -0.2) is 0 Å². The molecule has 0 aromatic heterocycles. The highest BCUT2D eigenvalue weighted by Crippen LogP contribution is 2.26. The smallest absolute Gasteiger partial charge is 0.271 e. The Kier molecular flexibility index (Phi) is 3.67. The first-order valence-electron chi connectivity index (χ1n) is 4.03. The molecule has 0 saturated heterocycles. The van der Waals surface area contributed by atoms with E-state index in [0.717, 1.165) is 0 Å². The van der Waals surface area contributed by atoms with Crippen LogP contribution in [0.3, 0.4) is 0 Å². The molecule has 0 spiro atoms. The van der Waals surface area contributed by atoms with E-state index in [4.69, 9.17) is 17.3 Å². The average Bonchev–Trinajstić information content (AvgIpc) is 2.15. The van der Waals surface area contributed by atoms with Crippen molar-refractivity contribution in [2.45, 2.75) is 0 Å². The molecule has 0 unspecified atom stereocenters. The van der Waals surface area contributed by atoms with Gasteiger partial charge in [-0.2, -0.15) is 0 Å². The molecule has 1 rings (SSSR count). The fourth-order valence-corrected chi connectivity index (χ4v) is 1.21. The van der Waals surface area contributed by atoms with Crippen molar-refractivity contribution in [1.82, 2.24) is 0 Å². The Labute approximate surface area is 86.0 Å². The van der Waals surface area contributed by atoms with E-state index in [9.17, 15) is 10.1 Å². The van der Waals surface area contributed by atoms with Crippen molar-refractivity contribution in [2.24, 2.45) is 5.73 Å². The summed E-state index contributed by atoms with van der Waals surface area (Å²) in [5.74, 6) is 0. The Morgan fingerprint density at radius 2 is 2.29 bits per heavy atom. The van der Waals surface area contributed by atoms with Crippen molar-refractivity contribution < 1.29 is 4.92 Å². The minimum absolute atomic E-state index is 0.0201. The van der Waals surface area contributed by atoms with Crippen molar-refractivity contribution in [3.8, 4) is 0 Å². The number of nitro benzene ring substituents is 1. The molecular formula is C8H10ClN3O2. The number of hydrogen-bond acceptors (Lipinski definition) is 4. The number of rotatable bonds is 4. The Morgan fingerprint density at radius 3 is 2.79 bits per heavy atom. The second kappa shape index (κ2) is 4.78. The second-order valence-corrected chi connectivity index (χ2v) is 3.04. The van der Waals surface area contributed by atoms with Crippen LogP contribution >= 0.6 is 11.6 Å². The van der Waals surface area contributed by atoms with Gasteiger partial charge >= 0.3 is 0 Å². The normalized spacial score (nSPS) is 9.86. The molecule has 0 bridgehead atoms. The first-order valence-corrected chi connectivity index (χ1v) is 4.41. The number of anilines is 1. The van der Waals surface area contributed by atoms with Gasteiger partial charge in [0.1, 0.15) is 0 Å². The Morgan fingerprint density at radius 1 is 1.57 bits per heavy atom. The van der Waals surface area contributed by atoms with E-state index in [1.54, 1.807) is 6.07 Å². The van der Waals surface area contributed by atoms with Crippen LogP contribution in [0.4, 0.5) is 11.4 Å². The van der Waals surface area contributed by atoms with Gasteiger partial charge < -0.3 is 11.1 Å². The number of hydrogen-bond donors (Lipinski definition) is 2. The summed E-state index contributed by atoms with van der Waals surface area (Å²) >= 11 is 5.80. The van der Waals surface area contributed by atoms with Crippen molar-refractivity contribution in [1.29, 1.82) is 0 Å². The summed E-state index contributed by atoms with van der Waals surface area (Å²) in [4.78, 5) is 9.90. The van der Waals surface area contributed by atoms with Gasteiger partial charge in [0, 0.05) is 25.2 Å². The lowest BCUT2D eigenvalue weighted by Gasteiger charge is -2.05. The highest BCUT2D eigenvalue weighted by Gasteiger charge is 2.08. The lowest BCUT2D eigenvalue weighted by atomic mass is 10.3. The predicted molar refractivity (Wildman–Crippen MR) is 55.7 cm³/mol. The average molecular weight is 216 g/mol. The van der Waals surface area contributed by atoms with E-state index in [1.807, 2.05) is 0 Å². The van der Waals surface area contributed by atoms with Gasteiger partial charge in [0.2, 0.25) is 0 Å². The van der Waals surface area contributed by atoms with Crippen molar-refractivity contribution in [3.63, 3.8) is 0 Å². The molecule has 0 aliphatic heterocycles. The topological polar surface area (TPSA) is 81.2 Å². The first-order chi connectivity index (χ1) is 6.65. The lowest BCUT2D eigenvalue weighted by Crippen LogP contribution is -2.13. The molecule has 5 nitrogen and oxygen atoms in total. The monoisotopic (exact) mass is 215 g/mol. The van der Waals surface area contributed by atoms with Gasteiger partial charge in [0.05, 0.1) is 15.6 Å². The van der Waals surface area contributed by atoms with E-state index in [0.29, 0.717) is 23.8 Å². The molecule has 0 saturated carbocycles. The largest absolute Gasteiger partial charge is 0.383 e. The molecular weight excluding hydrogens is 206 g/mol.